The van der Waals surface area contributed by atoms with Gasteiger partial charge in [0.05, 0.1) is 13.7 Å². The first kappa shape index (κ1) is 14.6. The second-order valence-corrected chi connectivity index (χ2v) is 9.58. The number of sulfone groups is 1. The zero-order valence-electron chi connectivity index (χ0n) is 8.61. The molecular formula is C9H12Br2O3S2. The fourth-order valence-electron chi connectivity index (χ4n) is 1.27. The van der Waals surface area contributed by atoms with E-state index in [0.29, 0.717) is 12.8 Å². The van der Waals surface area contributed by atoms with E-state index in [4.69, 9.17) is 0 Å². The second kappa shape index (κ2) is 5.95. The SMILES string of the molecule is CS(=O)(=O)CCCC(O)c1cc(Br)sc1Br. The Morgan fingerprint density at radius 2 is 2.12 bits per heavy atom. The summed E-state index contributed by atoms with van der Waals surface area (Å²) in [6.45, 7) is 0. The molecule has 1 heterocycles. The zero-order chi connectivity index (χ0) is 12.3. The number of thiophene rings is 1. The molecule has 92 valence electrons. The van der Waals surface area contributed by atoms with Crippen molar-refractivity contribution >= 4 is 53.0 Å². The van der Waals surface area contributed by atoms with Gasteiger partial charge in [-0.2, -0.15) is 0 Å². The van der Waals surface area contributed by atoms with E-state index in [0.717, 1.165) is 13.1 Å². The van der Waals surface area contributed by atoms with Crippen molar-refractivity contribution in [2.24, 2.45) is 0 Å². The number of halogens is 2. The van der Waals surface area contributed by atoms with Gasteiger partial charge in [-0.05, 0) is 50.8 Å². The fraction of sp³-hybridized carbons (Fsp3) is 0.556. The molecule has 0 aliphatic carbocycles. The number of hydrogen-bond acceptors (Lipinski definition) is 4. The summed E-state index contributed by atoms with van der Waals surface area (Å²) in [6.07, 6.45) is 1.52. The number of hydrogen-bond donors (Lipinski definition) is 1. The van der Waals surface area contributed by atoms with E-state index in [1.165, 1.54) is 17.6 Å². The molecular weight excluding hydrogens is 380 g/mol. The lowest BCUT2D eigenvalue weighted by Crippen LogP contribution is -2.05. The topological polar surface area (TPSA) is 54.4 Å². The van der Waals surface area contributed by atoms with Crippen LogP contribution in [0.1, 0.15) is 24.5 Å². The third kappa shape index (κ3) is 4.83. The highest BCUT2D eigenvalue weighted by molar-refractivity contribution is 9.12. The lowest BCUT2D eigenvalue weighted by Gasteiger charge is -2.08. The highest BCUT2D eigenvalue weighted by atomic mass is 79.9. The van der Waals surface area contributed by atoms with Gasteiger partial charge in [0.2, 0.25) is 0 Å². The summed E-state index contributed by atoms with van der Waals surface area (Å²) >= 11 is 8.18. The minimum Gasteiger partial charge on any atom is -0.388 e. The first-order chi connectivity index (χ1) is 7.29. The van der Waals surface area contributed by atoms with Crippen molar-refractivity contribution < 1.29 is 13.5 Å². The van der Waals surface area contributed by atoms with Gasteiger partial charge in [-0.3, -0.25) is 0 Å². The molecule has 0 amide bonds. The van der Waals surface area contributed by atoms with Crippen molar-refractivity contribution in [3.05, 3.63) is 19.2 Å². The summed E-state index contributed by atoms with van der Waals surface area (Å²) in [6, 6.07) is 1.85. The first-order valence-corrected chi connectivity index (χ1v) is 9.06. The molecule has 0 aliphatic heterocycles. The standard InChI is InChI=1S/C9H12Br2O3S2/c1-16(13,14)4-2-3-7(12)6-5-8(10)15-9(6)11/h5,7,12H,2-4H2,1H3. The molecule has 0 bridgehead atoms. The van der Waals surface area contributed by atoms with E-state index in [-0.39, 0.29) is 5.75 Å². The van der Waals surface area contributed by atoms with Gasteiger partial charge in [0, 0.05) is 17.6 Å². The third-order valence-corrected chi connectivity index (χ3v) is 5.45. The van der Waals surface area contributed by atoms with E-state index in [2.05, 4.69) is 31.9 Å². The van der Waals surface area contributed by atoms with Crippen LogP contribution in [0.5, 0.6) is 0 Å². The molecule has 1 atom stereocenters. The average Bonchev–Trinajstić information content (AvgIpc) is 2.43. The highest BCUT2D eigenvalue weighted by Crippen LogP contribution is 2.36. The van der Waals surface area contributed by atoms with E-state index >= 15 is 0 Å². The smallest absolute Gasteiger partial charge is 0.147 e. The maximum Gasteiger partial charge on any atom is 0.147 e. The largest absolute Gasteiger partial charge is 0.388 e. The van der Waals surface area contributed by atoms with Crippen LogP contribution in [0.3, 0.4) is 0 Å². The molecule has 0 radical (unpaired) electrons. The zero-order valence-corrected chi connectivity index (χ0v) is 13.4. The van der Waals surface area contributed by atoms with E-state index < -0.39 is 15.9 Å². The molecule has 1 unspecified atom stereocenters. The number of aliphatic hydroxyl groups excluding tert-OH is 1. The van der Waals surface area contributed by atoms with Gasteiger partial charge in [-0.1, -0.05) is 0 Å². The predicted molar refractivity (Wildman–Crippen MR) is 73.6 cm³/mol. The minimum atomic E-state index is -2.94. The van der Waals surface area contributed by atoms with E-state index in [1.54, 1.807) is 0 Å². The normalized spacial score (nSPS) is 14.0. The maximum absolute atomic E-state index is 10.9. The van der Waals surface area contributed by atoms with Gasteiger partial charge < -0.3 is 5.11 Å². The quantitative estimate of drug-likeness (QED) is 0.838. The van der Waals surface area contributed by atoms with Crippen molar-refractivity contribution in [3.8, 4) is 0 Å². The Kier molecular flexibility index (Phi) is 5.44. The lowest BCUT2D eigenvalue weighted by molar-refractivity contribution is 0.166. The van der Waals surface area contributed by atoms with Gasteiger partial charge in [-0.25, -0.2) is 8.42 Å². The van der Waals surface area contributed by atoms with Crippen molar-refractivity contribution in [1.82, 2.24) is 0 Å². The Bertz CT molecular complexity index is 453. The van der Waals surface area contributed by atoms with Crippen molar-refractivity contribution in [3.63, 3.8) is 0 Å². The summed E-state index contributed by atoms with van der Waals surface area (Å²) < 4.78 is 23.7. The second-order valence-electron chi connectivity index (χ2n) is 3.57. The Balaban J connectivity index is 2.53. The molecule has 16 heavy (non-hydrogen) atoms. The molecule has 7 heteroatoms. The van der Waals surface area contributed by atoms with Crippen molar-refractivity contribution in [2.75, 3.05) is 12.0 Å². The predicted octanol–water partition coefficient (Wildman–Crippen LogP) is 3.13. The molecule has 1 aromatic heterocycles. The highest BCUT2D eigenvalue weighted by Gasteiger charge is 2.15. The molecule has 0 saturated carbocycles. The number of aliphatic hydroxyl groups is 1. The van der Waals surface area contributed by atoms with Crippen LogP contribution in [-0.4, -0.2) is 25.5 Å². The first-order valence-electron chi connectivity index (χ1n) is 4.60. The Labute approximate surface area is 116 Å². The summed E-state index contributed by atoms with van der Waals surface area (Å²) in [5.41, 5.74) is 0.811. The van der Waals surface area contributed by atoms with Crippen molar-refractivity contribution in [1.29, 1.82) is 0 Å². The maximum atomic E-state index is 10.9. The molecule has 0 aliphatic rings. The van der Waals surface area contributed by atoms with Crippen LogP contribution in [0.15, 0.2) is 13.6 Å². The summed E-state index contributed by atoms with van der Waals surface area (Å²) in [5, 5.41) is 9.87. The summed E-state index contributed by atoms with van der Waals surface area (Å²) in [7, 11) is -2.94. The van der Waals surface area contributed by atoms with Crippen LogP contribution in [-0.2, 0) is 9.84 Å². The molecule has 0 saturated heterocycles. The summed E-state index contributed by atoms with van der Waals surface area (Å²) in [5.74, 6) is 0.118. The minimum absolute atomic E-state index is 0.118. The average molecular weight is 392 g/mol. The fourth-order valence-corrected chi connectivity index (χ4v) is 4.92. The van der Waals surface area contributed by atoms with Crippen LogP contribution >= 0.6 is 43.2 Å². The van der Waals surface area contributed by atoms with Gasteiger partial charge in [-0.15, -0.1) is 11.3 Å². The van der Waals surface area contributed by atoms with Crippen LogP contribution < -0.4 is 0 Å². The third-order valence-electron chi connectivity index (χ3n) is 2.03. The lowest BCUT2D eigenvalue weighted by atomic mass is 10.1. The van der Waals surface area contributed by atoms with E-state index in [9.17, 15) is 13.5 Å². The molecule has 0 aromatic carbocycles. The van der Waals surface area contributed by atoms with Gasteiger partial charge in [0.25, 0.3) is 0 Å². The Morgan fingerprint density at radius 3 is 2.56 bits per heavy atom. The monoisotopic (exact) mass is 390 g/mol. The molecule has 3 nitrogen and oxygen atoms in total. The number of rotatable bonds is 5. The van der Waals surface area contributed by atoms with Crippen molar-refractivity contribution in [2.45, 2.75) is 18.9 Å². The van der Waals surface area contributed by atoms with Crippen LogP contribution in [0.2, 0.25) is 0 Å². The molecule has 1 aromatic rings. The van der Waals surface area contributed by atoms with Gasteiger partial charge >= 0.3 is 0 Å². The molecule has 0 spiro atoms. The van der Waals surface area contributed by atoms with Crippen LogP contribution in [0, 0.1) is 0 Å². The van der Waals surface area contributed by atoms with Gasteiger partial charge in [0.1, 0.15) is 9.84 Å². The Hall–Kier alpha value is 0.570. The molecule has 0 fully saturated rings. The molecule has 1 N–H and O–H groups in total. The van der Waals surface area contributed by atoms with Crippen LogP contribution in [0.4, 0.5) is 0 Å². The van der Waals surface area contributed by atoms with E-state index in [1.807, 2.05) is 6.07 Å². The van der Waals surface area contributed by atoms with Gasteiger partial charge in [0.15, 0.2) is 0 Å². The summed E-state index contributed by atoms with van der Waals surface area (Å²) in [4.78, 5) is 0. The molecule has 1 rings (SSSR count). The van der Waals surface area contributed by atoms with Crippen LogP contribution in [0.25, 0.3) is 0 Å². The Morgan fingerprint density at radius 1 is 1.50 bits per heavy atom.